The minimum absolute atomic E-state index is 0.260. The summed E-state index contributed by atoms with van der Waals surface area (Å²) in [7, 11) is 1.38. The van der Waals surface area contributed by atoms with Gasteiger partial charge in [-0.15, -0.1) is 0 Å². The van der Waals surface area contributed by atoms with Gasteiger partial charge in [-0.1, -0.05) is 48.5 Å². The Morgan fingerprint density at radius 1 is 0.875 bits per heavy atom. The largest absolute Gasteiger partial charge is 0.493 e. The Hall–Kier alpha value is -3.86. The molecule has 0 N–H and O–H groups in total. The molecule has 0 fully saturated rings. The molecule has 3 aromatic carbocycles. The van der Waals surface area contributed by atoms with Gasteiger partial charge in [0.05, 0.1) is 24.8 Å². The molecule has 4 rings (SSSR count). The maximum absolute atomic E-state index is 12.1. The molecule has 0 saturated heterocycles. The van der Waals surface area contributed by atoms with E-state index in [0.717, 1.165) is 33.5 Å². The molecule has 0 saturated carbocycles. The molecule has 1 heterocycles. The quantitative estimate of drug-likeness (QED) is 0.346. The van der Waals surface area contributed by atoms with Crippen molar-refractivity contribution in [2.45, 2.75) is 20.0 Å². The van der Waals surface area contributed by atoms with Gasteiger partial charge in [-0.05, 0) is 36.8 Å². The highest BCUT2D eigenvalue weighted by Gasteiger charge is 2.15. The molecule has 0 aliphatic carbocycles. The van der Waals surface area contributed by atoms with Gasteiger partial charge in [-0.3, -0.25) is 4.98 Å². The summed E-state index contributed by atoms with van der Waals surface area (Å²) < 4.78 is 16.8. The van der Waals surface area contributed by atoms with Crippen LogP contribution in [-0.4, -0.2) is 24.7 Å². The van der Waals surface area contributed by atoms with Crippen LogP contribution in [0.2, 0.25) is 0 Å². The van der Waals surface area contributed by atoms with Gasteiger partial charge in [-0.2, -0.15) is 0 Å². The Morgan fingerprint density at radius 3 is 2.50 bits per heavy atom. The third-order valence-corrected chi connectivity index (χ3v) is 5.23. The van der Waals surface area contributed by atoms with E-state index in [-0.39, 0.29) is 12.6 Å². The van der Waals surface area contributed by atoms with Crippen LogP contribution in [0.1, 0.15) is 27.2 Å². The number of benzene rings is 3. The molecule has 0 unspecified atom stereocenters. The monoisotopic (exact) mass is 427 g/mol. The van der Waals surface area contributed by atoms with E-state index in [1.54, 1.807) is 0 Å². The summed E-state index contributed by atoms with van der Waals surface area (Å²) in [6.45, 7) is 2.66. The zero-order valence-corrected chi connectivity index (χ0v) is 18.2. The summed E-state index contributed by atoms with van der Waals surface area (Å²) in [4.78, 5) is 16.8. The molecule has 4 aromatic rings. The Balaban J connectivity index is 1.36. The Labute approximate surface area is 187 Å². The van der Waals surface area contributed by atoms with Crippen molar-refractivity contribution in [2.75, 3.05) is 13.7 Å². The molecular weight excluding hydrogens is 402 g/mol. The fourth-order valence-electron chi connectivity index (χ4n) is 3.58. The predicted octanol–water partition coefficient (Wildman–Crippen LogP) is 5.53. The Morgan fingerprint density at radius 2 is 1.66 bits per heavy atom. The number of nitrogens with zero attached hydrogens (tertiary/aromatic N) is 1. The predicted molar refractivity (Wildman–Crippen MR) is 124 cm³/mol. The van der Waals surface area contributed by atoms with E-state index in [1.165, 1.54) is 7.11 Å². The number of aryl methyl sites for hydroxylation is 1. The van der Waals surface area contributed by atoms with Crippen molar-refractivity contribution in [3.8, 4) is 11.5 Å². The van der Waals surface area contributed by atoms with Crippen molar-refractivity contribution < 1.29 is 19.0 Å². The average Bonchev–Trinajstić information content (AvgIpc) is 2.82. The van der Waals surface area contributed by atoms with Crippen LogP contribution in [0.3, 0.4) is 0 Å². The van der Waals surface area contributed by atoms with Gasteiger partial charge in [0, 0.05) is 29.1 Å². The minimum Gasteiger partial charge on any atom is -0.493 e. The number of pyridine rings is 1. The highest BCUT2D eigenvalue weighted by molar-refractivity contribution is 5.92. The third kappa shape index (κ3) is 5.06. The highest BCUT2D eigenvalue weighted by atomic mass is 16.5. The minimum atomic E-state index is -0.360. The van der Waals surface area contributed by atoms with Crippen LogP contribution >= 0.6 is 0 Å². The van der Waals surface area contributed by atoms with Crippen LogP contribution in [0.4, 0.5) is 0 Å². The summed E-state index contributed by atoms with van der Waals surface area (Å²) in [5, 5.41) is 1.13. The maximum atomic E-state index is 12.1. The Bertz CT molecular complexity index is 1240. The number of ether oxygens (including phenoxy) is 3. The molecule has 5 heteroatoms. The molecule has 0 atom stereocenters. The maximum Gasteiger partial charge on any atom is 0.338 e. The number of methoxy groups -OCH3 is 1. The molecule has 0 amide bonds. The van der Waals surface area contributed by atoms with Crippen molar-refractivity contribution in [1.29, 1.82) is 0 Å². The first kappa shape index (κ1) is 21.4. The molecular formula is C27H25NO4. The number of para-hydroxylation sites is 1. The molecule has 32 heavy (non-hydrogen) atoms. The van der Waals surface area contributed by atoms with Crippen LogP contribution in [0.15, 0.2) is 78.9 Å². The van der Waals surface area contributed by atoms with Gasteiger partial charge in [0.2, 0.25) is 0 Å². The summed E-state index contributed by atoms with van der Waals surface area (Å²) in [6.07, 6.45) is 0.710. The SMILES string of the molecule is COC(=O)c1c(C)cccc1COc1cccc(OCCc2ccc3ccccc3n2)c1. The van der Waals surface area contributed by atoms with E-state index in [4.69, 9.17) is 14.2 Å². The number of fused-ring (bicyclic) bond motifs is 1. The molecule has 162 valence electrons. The Kier molecular flexibility index (Phi) is 6.66. The number of hydrogen-bond donors (Lipinski definition) is 0. The number of carbonyl (C=O) groups is 1. The van der Waals surface area contributed by atoms with E-state index in [1.807, 2.05) is 73.7 Å². The molecule has 0 radical (unpaired) electrons. The summed E-state index contributed by atoms with van der Waals surface area (Å²) in [5.74, 6) is 1.03. The zero-order chi connectivity index (χ0) is 22.3. The molecule has 0 bridgehead atoms. The summed E-state index contributed by atoms with van der Waals surface area (Å²) in [5.41, 5.74) is 4.17. The van der Waals surface area contributed by atoms with Gasteiger partial charge < -0.3 is 14.2 Å². The smallest absolute Gasteiger partial charge is 0.338 e. The van der Waals surface area contributed by atoms with E-state index < -0.39 is 0 Å². The van der Waals surface area contributed by atoms with Crippen molar-refractivity contribution >= 4 is 16.9 Å². The first-order valence-electron chi connectivity index (χ1n) is 10.5. The number of rotatable bonds is 8. The number of esters is 1. The lowest BCUT2D eigenvalue weighted by atomic mass is 10.0. The molecule has 1 aromatic heterocycles. The number of carbonyl (C=O) groups excluding carboxylic acids is 1. The molecule has 5 nitrogen and oxygen atoms in total. The second kappa shape index (κ2) is 9.96. The number of aromatic nitrogens is 1. The van der Waals surface area contributed by atoms with Crippen molar-refractivity contribution in [3.05, 3.63) is 101 Å². The van der Waals surface area contributed by atoms with Crippen LogP contribution < -0.4 is 9.47 Å². The normalized spacial score (nSPS) is 10.7. The zero-order valence-electron chi connectivity index (χ0n) is 18.2. The van der Waals surface area contributed by atoms with E-state index in [0.29, 0.717) is 24.3 Å². The van der Waals surface area contributed by atoms with E-state index in [9.17, 15) is 4.79 Å². The summed E-state index contributed by atoms with van der Waals surface area (Å²) >= 11 is 0. The van der Waals surface area contributed by atoms with Crippen LogP contribution in [0.5, 0.6) is 11.5 Å². The van der Waals surface area contributed by atoms with Gasteiger partial charge in [-0.25, -0.2) is 4.79 Å². The topological polar surface area (TPSA) is 57.7 Å². The van der Waals surface area contributed by atoms with Crippen LogP contribution in [-0.2, 0) is 17.8 Å². The van der Waals surface area contributed by atoms with Crippen LogP contribution in [0, 0.1) is 6.92 Å². The van der Waals surface area contributed by atoms with Crippen molar-refractivity contribution in [1.82, 2.24) is 4.98 Å². The van der Waals surface area contributed by atoms with Gasteiger partial charge in [0.1, 0.15) is 18.1 Å². The summed E-state index contributed by atoms with van der Waals surface area (Å²) in [6, 6.07) is 25.3. The average molecular weight is 428 g/mol. The fourth-order valence-corrected chi connectivity index (χ4v) is 3.58. The van der Waals surface area contributed by atoms with Gasteiger partial charge in [0.15, 0.2) is 0 Å². The molecule has 0 aliphatic heterocycles. The second-order valence-corrected chi connectivity index (χ2v) is 7.46. The second-order valence-electron chi connectivity index (χ2n) is 7.46. The lowest BCUT2D eigenvalue weighted by Crippen LogP contribution is -2.10. The van der Waals surface area contributed by atoms with Crippen molar-refractivity contribution in [3.63, 3.8) is 0 Å². The van der Waals surface area contributed by atoms with Gasteiger partial charge >= 0.3 is 5.97 Å². The fraction of sp³-hybridized carbons (Fsp3) is 0.185. The first-order chi connectivity index (χ1) is 15.6. The van der Waals surface area contributed by atoms with Gasteiger partial charge in [0.25, 0.3) is 0 Å². The lowest BCUT2D eigenvalue weighted by molar-refractivity contribution is 0.0597. The van der Waals surface area contributed by atoms with Crippen molar-refractivity contribution in [2.24, 2.45) is 0 Å². The van der Waals surface area contributed by atoms with E-state index in [2.05, 4.69) is 17.1 Å². The molecule has 0 spiro atoms. The van der Waals surface area contributed by atoms with E-state index >= 15 is 0 Å². The highest BCUT2D eigenvalue weighted by Crippen LogP contribution is 2.23. The standard InChI is InChI=1S/C27H25NO4/c1-19-7-5-9-21(26(19)27(29)30-2)18-32-24-11-6-10-23(17-24)31-16-15-22-14-13-20-8-3-4-12-25(20)28-22/h3-14,17H,15-16,18H2,1-2H3. The lowest BCUT2D eigenvalue weighted by Gasteiger charge is -2.13. The first-order valence-corrected chi connectivity index (χ1v) is 10.5. The third-order valence-electron chi connectivity index (χ3n) is 5.23. The number of hydrogen-bond acceptors (Lipinski definition) is 5. The molecule has 0 aliphatic rings. The van der Waals surface area contributed by atoms with Crippen LogP contribution in [0.25, 0.3) is 10.9 Å².